The van der Waals surface area contributed by atoms with Gasteiger partial charge in [0.15, 0.2) is 0 Å². The summed E-state index contributed by atoms with van der Waals surface area (Å²) in [5.74, 6) is -0.195. The first-order valence-electron chi connectivity index (χ1n) is 4.50. The van der Waals surface area contributed by atoms with Gasteiger partial charge in [-0.1, -0.05) is 39.0 Å². The molecule has 0 saturated carbocycles. The van der Waals surface area contributed by atoms with Gasteiger partial charge in [0.2, 0.25) is 24.0 Å². The first kappa shape index (κ1) is 16.1. The van der Waals surface area contributed by atoms with Gasteiger partial charge in [-0.2, -0.15) is 0 Å². The third-order valence-electron chi connectivity index (χ3n) is 1.75. The molecule has 0 bridgehead atoms. The molecular formula is C8H19IO3S. The van der Waals surface area contributed by atoms with Gasteiger partial charge in [0.05, 0.1) is 10.1 Å². The lowest BCUT2D eigenvalue weighted by Gasteiger charge is -2.05. The van der Waals surface area contributed by atoms with E-state index in [1.54, 1.807) is 0 Å². The minimum atomic E-state index is -3.97. The Morgan fingerprint density at radius 3 is 1.92 bits per heavy atom. The van der Waals surface area contributed by atoms with Crippen molar-refractivity contribution in [1.29, 1.82) is 0 Å². The van der Waals surface area contributed by atoms with E-state index >= 15 is 0 Å². The third kappa shape index (κ3) is 15.4. The second-order valence-electron chi connectivity index (χ2n) is 3.03. The van der Waals surface area contributed by atoms with Crippen molar-refractivity contribution >= 4 is 10.1 Å². The number of halogens is 1. The first-order valence-corrected chi connectivity index (χ1v) is 6.07. The van der Waals surface area contributed by atoms with Crippen molar-refractivity contribution in [3.05, 3.63) is 0 Å². The molecule has 0 aliphatic heterocycles. The van der Waals surface area contributed by atoms with Gasteiger partial charge >= 0.3 is 0 Å². The maximum atomic E-state index is 10.2. The van der Waals surface area contributed by atoms with Crippen LogP contribution in [0.3, 0.4) is 0 Å². The normalized spacial score (nSPS) is 10.9. The predicted molar refractivity (Wildman–Crippen MR) is 50.7 cm³/mol. The Balaban J connectivity index is 0. The number of hydrogen-bond acceptors (Lipinski definition) is 3. The van der Waals surface area contributed by atoms with Crippen LogP contribution in [0, 0.1) is 0 Å². The lowest BCUT2D eigenvalue weighted by Crippen LogP contribution is -3.00. The molecule has 0 rings (SSSR count). The van der Waals surface area contributed by atoms with E-state index < -0.39 is 10.1 Å². The summed E-state index contributed by atoms with van der Waals surface area (Å²) >= 11 is 0. The highest BCUT2D eigenvalue weighted by atomic mass is 127. The smallest absolute Gasteiger partial charge is 0.235 e. The molecule has 0 heterocycles. The molecule has 0 aromatic carbocycles. The first-order chi connectivity index (χ1) is 5.56. The molecule has 0 aromatic rings. The molecule has 13 heavy (non-hydrogen) atoms. The zero-order chi connectivity index (χ0) is 9.45. The third-order valence-corrected chi connectivity index (χ3v) is 2.54. The van der Waals surface area contributed by atoms with Gasteiger partial charge in [-0.15, -0.1) is 0 Å². The number of unbranched alkanes of at least 4 members (excludes halogenated alkanes) is 5. The van der Waals surface area contributed by atoms with Crippen LogP contribution in [0.2, 0.25) is 0 Å². The summed E-state index contributed by atoms with van der Waals surface area (Å²) in [5.41, 5.74) is 0. The summed E-state index contributed by atoms with van der Waals surface area (Å²) in [7, 11) is -3.97. The fourth-order valence-electron chi connectivity index (χ4n) is 1.06. The highest BCUT2D eigenvalue weighted by Gasteiger charge is 1.94. The summed E-state index contributed by atoms with van der Waals surface area (Å²) in [6.45, 7) is 2.13. The molecule has 0 amide bonds. The van der Waals surface area contributed by atoms with Crippen LogP contribution in [0.1, 0.15) is 45.4 Å². The van der Waals surface area contributed by atoms with E-state index in [-0.39, 0.29) is 29.7 Å². The predicted octanol–water partition coefficient (Wildman–Crippen LogP) is -1.64. The highest BCUT2D eigenvalue weighted by molar-refractivity contribution is 7.85. The van der Waals surface area contributed by atoms with Crippen LogP contribution in [0.15, 0.2) is 0 Å². The largest absolute Gasteiger partial charge is 0.748 e. The van der Waals surface area contributed by atoms with Crippen molar-refractivity contribution in [2.45, 2.75) is 45.4 Å². The zero-order valence-electron chi connectivity index (χ0n) is 8.03. The maximum absolute atomic E-state index is 10.2. The lowest BCUT2D eigenvalue weighted by molar-refractivity contribution is -0.00000704. The quantitative estimate of drug-likeness (QED) is 0.321. The molecule has 0 aliphatic carbocycles. The summed E-state index contributed by atoms with van der Waals surface area (Å²) in [4.78, 5) is 0. The Morgan fingerprint density at radius 1 is 1.00 bits per heavy atom. The Morgan fingerprint density at radius 2 is 1.46 bits per heavy atom. The molecule has 0 saturated heterocycles. The molecule has 0 aliphatic rings. The SMILES string of the molecule is CCCCCCCCS(=O)(=O)[O-].[IH2+]. The van der Waals surface area contributed by atoms with E-state index in [0.29, 0.717) is 6.42 Å². The van der Waals surface area contributed by atoms with Crippen molar-refractivity contribution in [3.63, 3.8) is 0 Å². The molecule has 3 nitrogen and oxygen atoms in total. The summed E-state index contributed by atoms with van der Waals surface area (Å²) in [6.07, 6.45) is 5.96. The van der Waals surface area contributed by atoms with Gasteiger partial charge in [-0.3, -0.25) is 0 Å². The van der Waals surface area contributed by atoms with Crippen molar-refractivity contribution in [1.82, 2.24) is 0 Å². The lowest BCUT2D eigenvalue weighted by atomic mass is 10.1. The molecule has 0 spiro atoms. The second kappa shape index (κ2) is 9.21. The van der Waals surface area contributed by atoms with Gasteiger partial charge in [0, 0.05) is 5.75 Å². The van der Waals surface area contributed by atoms with Crippen LogP contribution in [0.5, 0.6) is 0 Å². The summed E-state index contributed by atoms with van der Waals surface area (Å²) < 4.78 is 30.5. The molecule has 0 aromatic heterocycles. The Labute approximate surface area is 98.1 Å². The maximum Gasteiger partial charge on any atom is 0.235 e. The van der Waals surface area contributed by atoms with E-state index in [1.807, 2.05) is 0 Å². The van der Waals surface area contributed by atoms with Crippen molar-refractivity contribution in [2.24, 2.45) is 0 Å². The van der Waals surface area contributed by atoms with Gasteiger partial charge < -0.3 is 4.55 Å². The summed E-state index contributed by atoms with van der Waals surface area (Å²) in [5, 5.41) is 0. The molecule has 82 valence electrons. The van der Waals surface area contributed by atoms with Gasteiger partial charge in [0.25, 0.3) is 0 Å². The minimum Gasteiger partial charge on any atom is -0.748 e. The number of hydrogen-bond donors (Lipinski definition) is 0. The topological polar surface area (TPSA) is 57.2 Å². The monoisotopic (exact) mass is 322 g/mol. The molecule has 0 unspecified atom stereocenters. The van der Waals surface area contributed by atoms with Crippen LogP contribution in [0.4, 0.5) is 0 Å². The molecular weight excluding hydrogens is 303 g/mol. The van der Waals surface area contributed by atoms with Crippen LogP contribution in [-0.4, -0.2) is 18.7 Å². The average Bonchev–Trinajstić information content (AvgIpc) is 1.94. The summed E-state index contributed by atoms with van der Waals surface area (Å²) in [6, 6.07) is 0. The van der Waals surface area contributed by atoms with Crippen LogP contribution < -0.4 is 24.0 Å². The van der Waals surface area contributed by atoms with E-state index in [4.69, 9.17) is 0 Å². The van der Waals surface area contributed by atoms with Crippen LogP contribution in [0.25, 0.3) is 0 Å². The fourth-order valence-corrected chi connectivity index (χ4v) is 1.62. The van der Waals surface area contributed by atoms with Crippen molar-refractivity contribution in [2.75, 3.05) is 5.75 Å². The average molecular weight is 322 g/mol. The van der Waals surface area contributed by atoms with Crippen LogP contribution in [-0.2, 0) is 10.1 Å². The zero-order valence-corrected chi connectivity index (χ0v) is 11.4. The molecule has 5 heteroatoms. The Hall–Kier alpha value is 0.640. The van der Waals surface area contributed by atoms with Crippen molar-refractivity contribution in [3.8, 4) is 0 Å². The van der Waals surface area contributed by atoms with E-state index in [0.717, 1.165) is 19.3 Å². The Kier molecular flexibility index (Phi) is 11.4. The standard InChI is InChI=1S/C8H18O3S.H2I/c1-2-3-4-5-6-7-8-12(9,10)11;/h2-8H2,1H3,(H,9,10,11);1H2/q;+1/p-1. The second-order valence-corrected chi connectivity index (χ2v) is 4.55. The fraction of sp³-hybridized carbons (Fsp3) is 1.00. The van der Waals surface area contributed by atoms with Gasteiger partial charge in [0.1, 0.15) is 0 Å². The molecule has 0 N–H and O–H groups in total. The Bertz CT molecular complexity index is 190. The molecule has 0 radical (unpaired) electrons. The van der Waals surface area contributed by atoms with E-state index in [1.165, 1.54) is 12.8 Å². The van der Waals surface area contributed by atoms with Crippen LogP contribution >= 0.6 is 0 Å². The van der Waals surface area contributed by atoms with E-state index in [2.05, 4.69) is 6.92 Å². The molecule has 0 atom stereocenters. The highest BCUT2D eigenvalue weighted by Crippen LogP contribution is 2.05. The molecule has 0 fully saturated rings. The minimum absolute atomic E-state index is 0. The number of rotatable bonds is 7. The van der Waals surface area contributed by atoms with Gasteiger partial charge in [-0.05, 0) is 6.42 Å². The van der Waals surface area contributed by atoms with Gasteiger partial charge in [-0.25, -0.2) is 8.42 Å². The van der Waals surface area contributed by atoms with E-state index in [9.17, 15) is 13.0 Å². The van der Waals surface area contributed by atoms with Crippen molar-refractivity contribution < 1.29 is 36.9 Å².